The molecule has 23 heavy (non-hydrogen) atoms. The number of hydrogen-bond acceptors (Lipinski definition) is 6. The van der Waals surface area contributed by atoms with E-state index in [1.54, 1.807) is 0 Å². The molecule has 0 saturated carbocycles. The number of aliphatic hydroxyl groups is 3. The summed E-state index contributed by atoms with van der Waals surface area (Å²) >= 11 is 0. The van der Waals surface area contributed by atoms with Gasteiger partial charge in [0.1, 0.15) is 19.8 Å². The average molecular weight is 338 g/mol. The topological polar surface area (TPSA) is 88.4 Å². The van der Waals surface area contributed by atoms with Crippen LogP contribution in [-0.2, 0) is 14.5 Å². The number of quaternary nitrogens is 1. The second-order valence-electron chi connectivity index (χ2n) is 5.48. The summed E-state index contributed by atoms with van der Waals surface area (Å²) in [5, 5.41) is 26.8. The SMILES string of the molecule is CCCCCCCCCC[N+](OCCO)(OCCO)OCCO. The fourth-order valence-corrected chi connectivity index (χ4v) is 2.28. The van der Waals surface area contributed by atoms with E-state index in [0.29, 0.717) is 6.54 Å². The Morgan fingerprint density at radius 2 is 1.00 bits per heavy atom. The van der Waals surface area contributed by atoms with E-state index in [2.05, 4.69) is 6.92 Å². The fraction of sp³-hybridized carbons (Fsp3) is 1.00. The summed E-state index contributed by atoms with van der Waals surface area (Å²) in [6, 6.07) is 0. The molecule has 0 aliphatic rings. The van der Waals surface area contributed by atoms with Gasteiger partial charge in [0.2, 0.25) is 0 Å². The maximum absolute atomic E-state index is 8.95. The first-order valence-corrected chi connectivity index (χ1v) is 8.89. The van der Waals surface area contributed by atoms with Crippen molar-refractivity contribution < 1.29 is 34.8 Å². The van der Waals surface area contributed by atoms with Crippen LogP contribution < -0.4 is 0 Å². The number of hydrogen-bond donors (Lipinski definition) is 3. The molecule has 0 radical (unpaired) electrons. The van der Waals surface area contributed by atoms with E-state index in [1.807, 2.05) is 0 Å². The van der Waals surface area contributed by atoms with Gasteiger partial charge in [0, 0.05) is 6.42 Å². The highest BCUT2D eigenvalue weighted by Gasteiger charge is 2.34. The van der Waals surface area contributed by atoms with Crippen LogP contribution in [0.3, 0.4) is 0 Å². The summed E-state index contributed by atoms with van der Waals surface area (Å²) in [6.45, 7) is 2.40. The molecule has 0 aliphatic heterocycles. The molecule has 140 valence electrons. The molecule has 0 bridgehead atoms. The zero-order chi connectivity index (χ0) is 17.2. The summed E-state index contributed by atoms with van der Waals surface area (Å²) in [6.07, 6.45) is 9.41. The molecule has 0 amide bonds. The predicted molar refractivity (Wildman–Crippen MR) is 86.9 cm³/mol. The Labute approximate surface area is 140 Å². The first kappa shape index (κ1) is 22.7. The van der Waals surface area contributed by atoms with Gasteiger partial charge in [-0.05, 0) is 6.42 Å². The lowest BCUT2D eigenvalue weighted by Crippen LogP contribution is -2.50. The van der Waals surface area contributed by atoms with Crippen LogP contribution in [0, 0.1) is 0 Å². The van der Waals surface area contributed by atoms with Gasteiger partial charge < -0.3 is 15.3 Å². The van der Waals surface area contributed by atoms with Crippen molar-refractivity contribution in [3.05, 3.63) is 0 Å². The Morgan fingerprint density at radius 3 is 1.39 bits per heavy atom. The molecule has 0 aromatic rings. The van der Waals surface area contributed by atoms with Gasteiger partial charge in [0.05, 0.1) is 24.8 Å². The number of unbranched alkanes of at least 4 members (excludes halogenated alkanes) is 7. The van der Waals surface area contributed by atoms with E-state index < -0.39 is 4.97 Å². The lowest BCUT2D eigenvalue weighted by atomic mass is 10.1. The van der Waals surface area contributed by atoms with Gasteiger partial charge in [-0.25, -0.2) is 0 Å². The van der Waals surface area contributed by atoms with Crippen LogP contribution in [0.1, 0.15) is 58.3 Å². The second-order valence-corrected chi connectivity index (χ2v) is 5.48. The molecule has 0 unspecified atom stereocenters. The first-order valence-electron chi connectivity index (χ1n) is 8.89. The molecule has 0 saturated heterocycles. The van der Waals surface area contributed by atoms with Crippen LogP contribution in [-0.4, -0.2) is 66.5 Å². The summed E-state index contributed by atoms with van der Waals surface area (Å²) < 4.78 is 0. The minimum Gasteiger partial charge on any atom is -0.394 e. The number of hydroxylamine groups is 3. The quantitative estimate of drug-likeness (QED) is 0.200. The standard InChI is InChI=1S/C16H36NO6/c1-2-3-4-5-6-7-8-9-10-17(21-14-11-18,22-15-12-19)23-16-13-20/h18-20H,2-16H2,1H3/q+1. The van der Waals surface area contributed by atoms with Crippen molar-refractivity contribution in [2.75, 3.05) is 46.2 Å². The highest BCUT2D eigenvalue weighted by Crippen LogP contribution is 2.16. The third-order valence-corrected chi connectivity index (χ3v) is 3.42. The minimum absolute atomic E-state index is 0.0634. The summed E-state index contributed by atoms with van der Waals surface area (Å²) in [5.41, 5.74) is 0. The van der Waals surface area contributed by atoms with E-state index in [1.165, 1.54) is 32.1 Å². The van der Waals surface area contributed by atoms with Crippen LogP contribution in [0.4, 0.5) is 0 Å². The lowest BCUT2D eigenvalue weighted by Gasteiger charge is -2.29. The van der Waals surface area contributed by atoms with Gasteiger partial charge >= 0.3 is 0 Å². The number of nitrogens with zero attached hydrogens (tertiary/aromatic N) is 1. The van der Waals surface area contributed by atoms with E-state index in [-0.39, 0.29) is 39.6 Å². The number of aliphatic hydroxyl groups excluding tert-OH is 3. The van der Waals surface area contributed by atoms with Crippen molar-refractivity contribution in [1.29, 1.82) is 0 Å². The molecule has 0 fully saturated rings. The van der Waals surface area contributed by atoms with Gasteiger partial charge in [-0.1, -0.05) is 45.4 Å². The molecule has 0 aromatic carbocycles. The normalized spacial score (nSPS) is 12.0. The monoisotopic (exact) mass is 338 g/mol. The van der Waals surface area contributed by atoms with Crippen LogP contribution >= 0.6 is 0 Å². The first-order chi connectivity index (χ1) is 11.2. The average Bonchev–Trinajstić information content (AvgIpc) is 2.58. The Balaban J connectivity index is 4.14. The van der Waals surface area contributed by atoms with Crippen LogP contribution in [0.15, 0.2) is 0 Å². The third-order valence-electron chi connectivity index (χ3n) is 3.42. The van der Waals surface area contributed by atoms with E-state index in [0.717, 1.165) is 19.3 Å². The van der Waals surface area contributed by atoms with Gasteiger partial charge in [0.15, 0.2) is 6.54 Å². The Kier molecular flexibility index (Phi) is 16.4. The van der Waals surface area contributed by atoms with Crippen molar-refractivity contribution in [1.82, 2.24) is 0 Å². The molecule has 0 spiro atoms. The zero-order valence-corrected chi connectivity index (χ0v) is 14.6. The van der Waals surface area contributed by atoms with Crippen molar-refractivity contribution >= 4 is 0 Å². The second kappa shape index (κ2) is 16.6. The Hall–Kier alpha value is -0.280. The Bertz CT molecular complexity index is 221. The van der Waals surface area contributed by atoms with Gasteiger partial charge in [-0.2, -0.15) is 0 Å². The van der Waals surface area contributed by atoms with Crippen LogP contribution in [0.2, 0.25) is 0 Å². The van der Waals surface area contributed by atoms with Crippen molar-refractivity contribution in [2.24, 2.45) is 0 Å². The summed E-state index contributed by atoms with van der Waals surface area (Å²) in [7, 11) is 0. The number of rotatable bonds is 18. The lowest BCUT2D eigenvalue weighted by molar-refractivity contribution is -1.37. The molecule has 0 atom stereocenters. The van der Waals surface area contributed by atoms with Gasteiger partial charge in [-0.3, -0.25) is 0 Å². The van der Waals surface area contributed by atoms with Crippen molar-refractivity contribution in [3.8, 4) is 0 Å². The maximum atomic E-state index is 8.95. The smallest absolute Gasteiger partial charge is 0.178 e. The fourth-order valence-electron chi connectivity index (χ4n) is 2.28. The Morgan fingerprint density at radius 1 is 0.609 bits per heavy atom. The molecule has 0 aromatic heterocycles. The van der Waals surface area contributed by atoms with Crippen LogP contribution in [0.25, 0.3) is 0 Å². The molecule has 0 rings (SSSR count). The zero-order valence-electron chi connectivity index (χ0n) is 14.6. The summed E-state index contributed by atoms with van der Waals surface area (Å²) in [5.74, 6) is 0. The molecule has 0 aliphatic carbocycles. The molecule has 3 N–H and O–H groups in total. The molecule has 7 heteroatoms. The predicted octanol–water partition coefficient (Wildman–Crippen LogP) is 1.72. The third kappa shape index (κ3) is 12.8. The summed E-state index contributed by atoms with van der Waals surface area (Å²) in [4.78, 5) is 15.8. The highest BCUT2D eigenvalue weighted by atomic mass is 17.2. The van der Waals surface area contributed by atoms with E-state index >= 15 is 0 Å². The maximum Gasteiger partial charge on any atom is 0.178 e. The minimum atomic E-state index is -0.544. The van der Waals surface area contributed by atoms with Crippen molar-refractivity contribution in [3.63, 3.8) is 0 Å². The highest BCUT2D eigenvalue weighted by molar-refractivity contribution is 4.45. The van der Waals surface area contributed by atoms with Crippen molar-refractivity contribution in [2.45, 2.75) is 58.3 Å². The van der Waals surface area contributed by atoms with E-state index in [9.17, 15) is 0 Å². The molecule has 0 heterocycles. The molecular weight excluding hydrogens is 302 g/mol. The van der Waals surface area contributed by atoms with Gasteiger partial charge in [-0.15, -0.1) is 14.5 Å². The van der Waals surface area contributed by atoms with Gasteiger partial charge in [0.25, 0.3) is 0 Å². The largest absolute Gasteiger partial charge is 0.394 e. The molecular formula is C16H36NO6+. The van der Waals surface area contributed by atoms with E-state index in [4.69, 9.17) is 29.8 Å². The van der Waals surface area contributed by atoms with Crippen LogP contribution in [0.5, 0.6) is 0 Å². The molecule has 7 nitrogen and oxygen atoms in total.